The summed E-state index contributed by atoms with van der Waals surface area (Å²) in [5, 5.41) is 3.26. The van der Waals surface area contributed by atoms with Crippen molar-refractivity contribution in [2.45, 2.75) is 43.6 Å². The Morgan fingerprint density at radius 1 is 1.00 bits per heavy atom. The van der Waals surface area contributed by atoms with Crippen LogP contribution < -0.4 is 5.32 Å². The molecule has 2 fully saturated rings. The number of piperidine rings is 1. The van der Waals surface area contributed by atoms with E-state index >= 15 is 0 Å². The molecule has 0 bridgehead atoms. The van der Waals surface area contributed by atoms with Crippen LogP contribution in [0.4, 0.5) is 0 Å². The fourth-order valence-electron chi connectivity index (χ4n) is 4.40. The molecule has 2 aromatic rings. The summed E-state index contributed by atoms with van der Waals surface area (Å²) in [5.74, 6) is 0.286. The molecule has 0 aliphatic carbocycles. The van der Waals surface area contributed by atoms with E-state index in [1.807, 2.05) is 53.4 Å². The molecule has 4 nitrogen and oxygen atoms in total. The number of rotatable bonds is 4. The summed E-state index contributed by atoms with van der Waals surface area (Å²) in [6, 6.07) is 20.2. The molecule has 140 valence electrons. The molecule has 2 aliphatic heterocycles. The summed E-state index contributed by atoms with van der Waals surface area (Å²) in [5.41, 5.74) is 2.15. The number of hydrogen-bond donors (Lipinski definition) is 1. The highest BCUT2D eigenvalue weighted by Gasteiger charge is 2.46. The lowest BCUT2D eigenvalue weighted by molar-refractivity contribution is -0.132. The number of hydrogen-bond acceptors (Lipinski definition) is 2. The maximum atomic E-state index is 12.6. The smallest absolute Gasteiger partial charge is 0.228 e. The highest BCUT2D eigenvalue weighted by Crippen LogP contribution is 2.39. The Hall–Kier alpha value is -2.62. The zero-order valence-electron chi connectivity index (χ0n) is 15.6. The number of aryl methyl sites for hydroxylation is 1. The largest absolute Gasteiger partial charge is 0.350 e. The lowest BCUT2D eigenvalue weighted by Gasteiger charge is -2.39. The minimum absolute atomic E-state index is 0.0634. The van der Waals surface area contributed by atoms with Gasteiger partial charge in [0, 0.05) is 25.0 Å². The third-order valence-corrected chi connectivity index (χ3v) is 6.05. The summed E-state index contributed by atoms with van der Waals surface area (Å²) in [6.07, 6.45) is 3.87. The number of nitrogens with one attached hydrogen (secondary N) is 1. The Labute approximate surface area is 160 Å². The molecule has 0 aromatic heterocycles. The van der Waals surface area contributed by atoms with Crippen LogP contribution >= 0.6 is 0 Å². The second-order valence-electron chi connectivity index (χ2n) is 7.80. The highest BCUT2D eigenvalue weighted by atomic mass is 16.2. The van der Waals surface area contributed by atoms with Crippen molar-refractivity contribution in [2.75, 3.05) is 13.1 Å². The van der Waals surface area contributed by atoms with Crippen LogP contribution in [0.25, 0.3) is 0 Å². The van der Waals surface area contributed by atoms with Gasteiger partial charge in [-0.25, -0.2) is 0 Å². The van der Waals surface area contributed by atoms with Gasteiger partial charge in [-0.05, 0) is 36.8 Å². The van der Waals surface area contributed by atoms with Gasteiger partial charge in [0.1, 0.15) is 0 Å². The summed E-state index contributed by atoms with van der Waals surface area (Å²) in [6.45, 7) is 1.46. The summed E-state index contributed by atoms with van der Waals surface area (Å²) in [7, 11) is 0. The van der Waals surface area contributed by atoms with Crippen LogP contribution in [0.5, 0.6) is 0 Å². The van der Waals surface area contributed by atoms with E-state index in [-0.39, 0.29) is 23.3 Å². The number of carbonyl (C=O) groups excluding carboxylic acids is 2. The van der Waals surface area contributed by atoms with Gasteiger partial charge in [0.05, 0.1) is 5.92 Å². The predicted octanol–water partition coefficient (Wildman–Crippen LogP) is 3.28. The number of likely N-dealkylation sites (tertiary alicyclic amines) is 1. The van der Waals surface area contributed by atoms with Crippen molar-refractivity contribution in [3.8, 4) is 0 Å². The molecule has 4 rings (SSSR count). The number of nitrogens with zero attached hydrogens (tertiary/aromatic N) is 1. The molecule has 0 unspecified atom stereocenters. The lowest BCUT2D eigenvalue weighted by Crippen LogP contribution is -2.52. The summed E-state index contributed by atoms with van der Waals surface area (Å²) < 4.78 is 0. The van der Waals surface area contributed by atoms with Crippen LogP contribution in [-0.2, 0) is 16.0 Å². The van der Waals surface area contributed by atoms with Gasteiger partial charge in [0.2, 0.25) is 11.8 Å². The highest BCUT2D eigenvalue weighted by molar-refractivity contribution is 5.87. The van der Waals surface area contributed by atoms with Gasteiger partial charge in [-0.15, -0.1) is 0 Å². The van der Waals surface area contributed by atoms with Crippen molar-refractivity contribution in [3.63, 3.8) is 0 Å². The average molecular weight is 362 g/mol. The molecule has 2 saturated heterocycles. The van der Waals surface area contributed by atoms with Gasteiger partial charge < -0.3 is 10.2 Å². The zero-order valence-corrected chi connectivity index (χ0v) is 15.6. The lowest BCUT2D eigenvalue weighted by atomic mass is 9.82. The molecule has 0 radical (unpaired) electrons. The first-order chi connectivity index (χ1) is 13.2. The average Bonchev–Trinajstić information content (AvgIpc) is 3.04. The van der Waals surface area contributed by atoms with Crippen molar-refractivity contribution in [1.82, 2.24) is 10.2 Å². The molecule has 2 amide bonds. The first kappa shape index (κ1) is 17.8. The van der Waals surface area contributed by atoms with E-state index in [0.29, 0.717) is 6.42 Å². The molecule has 27 heavy (non-hydrogen) atoms. The topological polar surface area (TPSA) is 49.4 Å². The summed E-state index contributed by atoms with van der Waals surface area (Å²) in [4.78, 5) is 27.1. The number of amides is 2. The van der Waals surface area contributed by atoms with Crippen molar-refractivity contribution in [1.29, 1.82) is 0 Å². The van der Waals surface area contributed by atoms with Gasteiger partial charge in [0.25, 0.3) is 0 Å². The van der Waals surface area contributed by atoms with Gasteiger partial charge in [-0.1, -0.05) is 60.7 Å². The number of carbonyl (C=O) groups is 2. The molecule has 2 aliphatic rings. The Bertz CT molecular complexity index is 796. The third kappa shape index (κ3) is 3.90. The second kappa shape index (κ2) is 7.55. The van der Waals surface area contributed by atoms with Crippen LogP contribution in [0, 0.1) is 0 Å². The normalized spacial score (nSPS) is 21.3. The van der Waals surface area contributed by atoms with E-state index in [9.17, 15) is 9.59 Å². The van der Waals surface area contributed by atoms with Crippen LogP contribution in [0.3, 0.4) is 0 Å². The van der Waals surface area contributed by atoms with E-state index in [4.69, 9.17) is 0 Å². The quantitative estimate of drug-likeness (QED) is 0.907. The van der Waals surface area contributed by atoms with Crippen LogP contribution in [0.2, 0.25) is 0 Å². The van der Waals surface area contributed by atoms with Crippen LogP contribution in [0.1, 0.15) is 42.7 Å². The third-order valence-electron chi connectivity index (χ3n) is 6.05. The molecule has 1 spiro atoms. The van der Waals surface area contributed by atoms with E-state index in [1.165, 1.54) is 5.56 Å². The van der Waals surface area contributed by atoms with Gasteiger partial charge in [-0.2, -0.15) is 0 Å². The minimum atomic E-state index is -0.145. The fraction of sp³-hybridized carbons (Fsp3) is 0.391. The zero-order chi connectivity index (χ0) is 18.7. The van der Waals surface area contributed by atoms with Crippen molar-refractivity contribution < 1.29 is 9.59 Å². The molecule has 1 atom stereocenters. The first-order valence-corrected chi connectivity index (χ1v) is 9.84. The summed E-state index contributed by atoms with van der Waals surface area (Å²) >= 11 is 0. The Morgan fingerprint density at radius 2 is 1.63 bits per heavy atom. The SMILES string of the molecule is O=C1NC2(CCN(C(=O)CCc3ccccc3)CC2)C[C@H]1c1ccccc1. The maximum absolute atomic E-state index is 12.6. The number of benzene rings is 2. The van der Waals surface area contributed by atoms with E-state index in [1.54, 1.807) is 0 Å². The Kier molecular flexibility index (Phi) is 4.97. The standard InChI is InChI=1S/C23H26N2O2/c26-21(12-11-18-7-3-1-4-8-18)25-15-13-23(14-16-25)17-20(22(27)24-23)19-9-5-2-6-10-19/h1-10,20H,11-17H2,(H,24,27)/t20-/m0/s1. The van der Waals surface area contributed by atoms with E-state index < -0.39 is 0 Å². The molecule has 2 heterocycles. The second-order valence-corrected chi connectivity index (χ2v) is 7.80. The van der Waals surface area contributed by atoms with Crippen molar-refractivity contribution >= 4 is 11.8 Å². The van der Waals surface area contributed by atoms with E-state index in [0.717, 1.165) is 44.3 Å². The fourth-order valence-corrected chi connectivity index (χ4v) is 4.40. The van der Waals surface area contributed by atoms with Gasteiger partial charge in [-0.3, -0.25) is 9.59 Å². The van der Waals surface area contributed by atoms with E-state index in [2.05, 4.69) is 17.4 Å². The Morgan fingerprint density at radius 3 is 2.30 bits per heavy atom. The molecule has 4 heteroatoms. The van der Waals surface area contributed by atoms with Gasteiger partial charge >= 0.3 is 0 Å². The van der Waals surface area contributed by atoms with Crippen LogP contribution in [0.15, 0.2) is 60.7 Å². The van der Waals surface area contributed by atoms with Crippen molar-refractivity contribution in [2.24, 2.45) is 0 Å². The van der Waals surface area contributed by atoms with Gasteiger partial charge in [0.15, 0.2) is 0 Å². The molecular formula is C23H26N2O2. The molecule has 0 saturated carbocycles. The minimum Gasteiger partial charge on any atom is -0.350 e. The predicted molar refractivity (Wildman–Crippen MR) is 105 cm³/mol. The van der Waals surface area contributed by atoms with Crippen molar-refractivity contribution in [3.05, 3.63) is 71.8 Å². The molecule has 2 aromatic carbocycles. The Balaban J connectivity index is 1.32. The first-order valence-electron chi connectivity index (χ1n) is 9.84. The monoisotopic (exact) mass is 362 g/mol. The molecule has 1 N–H and O–H groups in total. The maximum Gasteiger partial charge on any atom is 0.228 e. The van der Waals surface area contributed by atoms with Crippen LogP contribution in [-0.4, -0.2) is 35.3 Å². The molecular weight excluding hydrogens is 336 g/mol.